The number of cyclic esters (lactones) is 1. The van der Waals surface area contributed by atoms with Crippen molar-refractivity contribution in [1.29, 1.82) is 0 Å². The fraction of sp³-hybridized carbons (Fsp3) is 0.897. The molecule has 4 atom stereocenters. The average Bonchev–Trinajstić information content (AvgIpc) is 3.67. The third-order valence-corrected chi connectivity index (χ3v) is 12.3. The van der Waals surface area contributed by atoms with Crippen molar-refractivity contribution in [2.45, 2.75) is 183 Å². The molecular formula is C39H66O9. The van der Waals surface area contributed by atoms with Gasteiger partial charge in [0.2, 0.25) is 6.10 Å². The van der Waals surface area contributed by atoms with Gasteiger partial charge in [-0.25, -0.2) is 4.79 Å². The minimum atomic E-state index is -0.728. The van der Waals surface area contributed by atoms with Crippen LogP contribution in [0.3, 0.4) is 0 Å². The first kappa shape index (κ1) is 40.3. The summed E-state index contributed by atoms with van der Waals surface area (Å²) in [6.45, 7) is 19.8. The van der Waals surface area contributed by atoms with Crippen molar-refractivity contribution < 1.29 is 43.2 Å². The van der Waals surface area contributed by atoms with E-state index in [-0.39, 0.29) is 35.0 Å². The highest BCUT2D eigenvalue weighted by molar-refractivity contribution is 5.82. The Morgan fingerprint density at radius 1 is 0.771 bits per heavy atom. The van der Waals surface area contributed by atoms with Crippen molar-refractivity contribution in [3.05, 3.63) is 0 Å². The fourth-order valence-electron chi connectivity index (χ4n) is 7.62. The lowest BCUT2D eigenvalue weighted by atomic mass is 9.53. The van der Waals surface area contributed by atoms with E-state index in [2.05, 4.69) is 6.92 Å². The van der Waals surface area contributed by atoms with Gasteiger partial charge in [-0.15, -0.1) is 0 Å². The number of carbonyl (C=O) groups is 4. The van der Waals surface area contributed by atoms with E-state index in [4.69, 9.17) is 18.9 Å². The number of carbonyl (C=O) groups excluding carboxylic acids is 4. The van der Waals surface area contributed by atoms with Crippen molar-refractivity contribution in [1.82, 2.24) is 0 Å². The van der Waals surface area contributed by atoms with E-state index in [0.717, 1.165) is 57.8 Å². The summed E-state index contributed by atoms with van der Waals surface area (Å²) in [7, 11) is 0. The van der Waals surface area contributed by atoms with Gasteiger partial charge >= 0.3 is 23.9 Å². The Morgan fingerprint density at radius 3 is 1.67 bits per heavy atom. The second-order valence-corrected chi connectivity index (χ2v) is 17.2. The van der Waals surface area contributed by atoms with Gasteiger partial charge in [-0.3, -0.25) is 14.4 Å². The van der Waals surface area contributed by atoms with E-state index >= 15 is 0 Å². The van der Waals surface area contributed by atoms with Crippen LogP contribution in [0.25, 0.3) is 0 Å². The van der Waals surface area contributed by atoms with Crippen molar-refractivity contribution in [3.63, 3.8) is 0 Å². The molecule has 0 aromatic carbocycles. The van der Waals surface area contributed by atoms with E-state index in [1.54, 1.807) is 13.8 Å². The molecule has 4 unspecified atom stereocenters. The molecular weight excluding hydrogens is 612 g/mol. The molecule has 6 fully saturated rings. The minimum Gasteiger partial charge on any atom is -0.463 e. The summed E-state index contributed by atoms with van der Waals surface area (Å²) in [6.07, 6.45) is 12.5. The van der Waals surface area contributed by atoms with Gasteiger partial charge in [-0.1, -0.05) is 27.7 Å². The minimum absolute atomic E-state index is 0.0197. The molecule has 0 radical (unpaired) electrons. The van der Waals surface area contributed by atoms with Crippen molar-refractivity contribution in [3.8, 4) is 0 Å². The molecule has 276 valence electrons. The Kier molecular flexibility index (Phi) is 13.3. The smallest absolute Gasteiger partial charge is 0.347 e. The molecule has 0 aromatic rings. The van der Waals surface area contributed by atoms with Crippen LogP contribution in [0.4, 0.5) is 0 Å². The first-order chi connectivity index (χ1) is 22.3. The molecule has 9 nitrogen and oxygen atoms in total. The van der Waals surface area contributed by atoms with Crippen molar-refractivity contribution in [2.24, 2.45) is 34.0 Å². The van der Waals surface area contributed by atoms with Crippen molar-refractivity contribution >= 4 is 23.9 Å². The maximum absolute atomic E-state index is 12.3. The van der Waals surface area contributed by atoms with Gasteiger partial charge in [-0.2, -0.15) is 0 Å². The molecule has 1 saturated heterocycles. The summed E-state index contributed by atoms with van der Waals surface area (Å²) in [6, 6.07) is 0. The molecule has 1 N–H and O–H groups in total. The van der Waals surface area contributed by atoms with Crippen LogP contribution in [0.1, 0.15) is 159 Å². The Hall–Kier alpha value is -2.16. The number of esters is 4. The lowest BCUT2D eigenvalue weighted by Crippen LogP contribution is -2.62. The topological polar surface area (TPSA) is 125 Å². The highest BCUT2D eigenvalue weighted by Crippen LogP contribution is 2.57. The molecule has 0 amide bonds. The van der Waals surface area contributed by atoms with Crippen LogP contribution in [0.2, 0.25) is 0 Å². The number of aliphatic hydroxyl groups is 1. The number of rotatable bonds is 10. The molecule has 9 heteroatoms. The summed E-state index contributed by atoms with van der Waals surface area (Å²) in [5.41, 5.74) is -2.16. The number of hydrogen-bond donors (Lipinski definition) is 1. The molecule has 1 aliphatic heterocycles. The zero-order chi connectivity index (χ0) is 36.1. The molecule has 0 spiro atoms. The first-order valence-electron chi connectivity index (χ1n) is 18.8. The Morgan fingerprint density at radius 2 is 1.25 bits per heavy atom. The molecule has 48 heavy (non-hydrogen) atoms. The van der Waals surface area contributed by atoms with Gasteiger partial charge in [0, 0.05) is 6.42 Å². The van der Waals surface area contributed by atoms with Gasteiger partial charge in [-0.05, 0) is 143 Å². The van der Waals surface area contributed by atoms with Crippen LogP contribution in [0.5, 0.6) is 0 Å². The predicted molar refractivity (Wildman–Crippen MR) is 184 cm³/mol. The Labute approximate surface area is 289 Å². The van der Waals surface area contributed by atoms with Crippen LogP contribution >= 0.6 is 0 Å². The van der Waals surface area contributed by atoms with E-state index in [0.29, 0.717) is 37.2 Å². The Balaban J connectivity index is 0.000000199. The molecule has 5 saturated carbocycles. The summed E-state index contributed by atoms with van der Waals surface area (Å²) < 4.78 is 21.3. The van der Waals surface area contributed by atoms with E-state index in [1.165, 1.54) is 19.3 Å². The van der Waals surface area contributed by atoms with Crippen LogP contribution < -0.4 is 0 Å². The van der Waals surface area contributed by atoms with Crippen LogP contribution in [0, 0.1) is 34.0 Å². The average molecular weight is 679 g/mol. The van der Waals surface area contributed by atoms with Crippen LogP contribution in [-0.2, 0) is 38.1 Å². The number of ether oxygens (including phenoxy) is 4. The standard InChI is InChI=1S/C16H26O3.C13H24O2.C10H16O4/c1-4-15(2,3)14(17)19-13-12-6-10-5-11(7-12)9-16(13,18)8-10;1-5-12(3,4)11(14)15-13(6-2)9-7-8-10-13;1-4-10(2,3)9(12)14-7-5-6-13-8(7)11/h10-13,18H,4-9H2,1-3H3;5-10H2,1-4H3;7H,4-6H2,1-3H3. The second kappa shape index (κ2) is 15.8. The largest absolute Gasteiger partial charge is 0.463 e. The van der Waals surface area contributed by atoms with Gasteiger partial charge in [0.1, 0.15) is 17.3 Å². The van der Waals surface area contributed by atoms with Gasteiger partial charge in [0.25, 0.3) is 0 Å². The van der Waals surface area contributed by atoms with Crippen LogP contribution in [-0.4, -0.2) is 59.0 Å². The van der Waals surface area contributed by atoms with Crippen LogP contribution in [0.15, 0.2) is 0 Å². The quantitative estimate of drug-likeness (QED) is 0.181. The zero-order valence-electron chi connectivity index (χ0n) is 31.7. The molecule has 0 aromatic heterocycles. The summed E-state index contributed by atoms with van der Waals surface area (Å²) >= 11 is 0. The summed E-state index contributed by atoms with van der Waals surface area (Å²) in [4.78, 5) is 46.9. The van der Waals surface area contributed by atoms with Gasteiger partial charge in [0.15, 0.2) is 0 Å². The maximum atomic E-state index is 12.3. The summed E-state index contributed by atoms with van der Waals surface area (Å²) in [5.74, 6) is 0.810. The molecule has 6 rings (SSSR count). The lowest BCUT2D eigenvalue weighted by Gasteiger charge is -2.58. The van der Waals surface area contributed by atoms with E-state index in [9.17, 15) is 24.3 Å². The highest BCUT2D eigenvalue weighted by atomic mass is 16.6. The SMILES string of the molecule is CCC(C)(C)C(=O)OC1C2CC3CC(C2)CC1(O)C3.CCC(C)(C)C(=O)OC1CCOC1=O.CCC1(OC(=O)C(C)(C)CC)CCCC1. The maximum Gasteiger partial charge on any atom is 0.347 e. The van der Waals surface area contributed by atoms with Gasteiger partial charge in [0.05, 0.1) is 22.9 Å². The van der Waals surface area contributed by atoms with Crippen molar-refractivity contribution in [2.75, 3.05) is 6.61 Å². The summed E-state index contributed by atoms with van der Waals surface area (Å²) in [5, 5.41) is 10.9. The zero-order valence-corrected chi connectivity index (χ0v) is 31.7. The molecule has 6 aliphatic rings. The predicted octanol–water partition coefficient (Wildman–Crippen LogP) is 7.88. The highest BCUT2D eigenvalue weighted by Gasteiger charge is 2.58. The Bertz CT molecular complexity index is 1120. The van der Waals surface area contributed by atoms with E-state index < -0.39 is 28.5 Å². The molecule has 1 heterocycles. The molecule has 4 bridgehead atoms. The fourth-order valence-corrected chi connectivity index (χ4v) is 7.62. The van der Waals surface area contributed by atoms with E-state index in [1.807, 2.05) is 48.5 Å². The number of hydrogen-bond acceptors (Lipinski definition) is 9. The second-order valence-electron chi connectivity index (χ2n) is 17.2. The monoisotopic (exact) mass is 678 g/mol. The lowest BCUT2D eigenvalue weighted by molar-refractivity contribution is -0.227. The molecule has 5 aliphatic carbocycles. The first-order valence-corrected chi connectivity index (χ1v) is 18.8. The third kappa shape index (κ3) is 9.54. The van der Waals surface area contributed by atoms with Gasteiger partial charge < -0.3 is 24.1 Å². The normalized spacial score (nSPS) is 30.3. The third-order valence-electron chi connectivity index (χ3n) is 12.3.